The second kappa shape index (κ2) is 9.86. The third-order valence-corrected chi connectivity index (χ3v) is 4.54. The van der Waals surface area contributed by atoms with Gasteiger partial charge in [0.1, 0.15) is 0 Å². The third-order valence-electron chi connectivity index (χ3n) is 4.54. The molecule has 0 radical (unpaired) electrons. The number of rotatable bonds is 6. The lowest BCUT2D eigenvalue weighted by atomic mass is 9.85. The molecular formula is C18H29IN4O. The number of guanidine groups is 1. The Morgan fingerprint density at radius 3 is 2.46 bits per heavy atom. The molecule has 0 aromatic heterocycles. The first-order chi connectivity index (χ1) is 11.0. The molecular weight excluding hydrogens is 415 g/mol. The minimum absolute atomic E-state index is 0. The molecule has 1 fully saturated rings. The molecule has 134 valence electrons. The van der Waals surface area contributed by atoms with Crippen LogP contribution in [0.25, 0.3) is 0 Å². The molecule has 1 aliphatic rings. The van der Waals surface area contributed by atoms with Crippen molar-refractivity contribution >= 4 is 35.8 Å². The molecule has 6 heteroatoms. The van der Waals surface area contributed by atoms with Gasteiger partial charge in [-0.2, -0.15) is 0 Å². The molecule has 0 heterocycles. The van der Waals surface area contributed by atoms with Gasteiger partial charge >= 0.3 is 0 Å². The SMILES string of the molecule is CN(C)C(=O)C1(CN=C(N)NCCc2ccccc2)CCCC1.I. The van der Waals surface area contributed by atoms with Crippen LogP contribution in [0.4, 0.5) is 0 Å². The first-order valence-corrected chi connectivity index (χ1v) is 8.33. The largest absolute Gasteiger partial charge is 0.370 e. The molecule has 5 nitrogen and oxygen atoms in total. The van der Waals surface area contributed by atoms with Crippen molar-refractivity contribution in [2.45, 2.75) is 32.1 Å². The van der Waals surface area contributed by atoms with Gasteiger partial charge in [-0.05, 0) is 24.8 Å². The van der Waals surface area contributed by atoms with Gasteiger partial charge in [-0.3, -0.25) is 9.79 Å². The van der Waals surface area contributed by atoms with Crippen molar-refractivity contribution < 1.29 is 4.79 Å². The number of hydrogen-bond donors (Lipinski definition) is 2. The average molecular weight is 444 g/mol. The van der Waals surface area contributed by atoms with Gasteiger partial charge in [-0.15, -0.1) is 24.0 Å². The number of benzene rings is 1. The van der Waals surface area contributed by atoms with E-state index in [0.717, 1.165) is 38.6 Å². The normalized spacial score (nSPS) is 16.3. The van der Waals surface area contributed by atoms with Crippen LogP contribution in [0.15, 0.2) is 35.3 Å². The molecule has 0 unspecified atom stereocenters. The lowest BCUT2D eigenvalue weighted by molar-refractivity contribution is -0.138. The summed E-state index contributed by atoms with van der Waals surface area (Å²) in [5, 5.41) is 3.14. The summed E-state index contributed by atoms with van der Waals surface area (Å²) in [6.07, 6.45) is 4.90. The van der Waals surface area contributed by atoms with Gasteiger partial charge < -0.3 is 16.0 Å². The first kappa shape index (κ1) is 20.7. The molecule has 0 bridgehead atoms. The Labute approximate surface area is 162 Å². The second-order valence-corrected chi connectivity index (χ2v) is 6.55. The van der Waals surface area contributed by atoms with Gasteiger partial charge in [0.25, 0.3) is 0 Å². The summed E-state index contributed by atoms with van der Waals surface area (Å²) >= 11 is 0. The van der Waals surface area contributed by atoms with Crippen LogP contribution >= 0.6 is 24.0 Å². The quantitative estimate of drug-likeness (QED) is 0.402. The smallest absolute Gasteiger partial charge is 0.230 e. The van der Waals surface area contributed by atoms with Gasteiger partial charge in [0.05, 0.1) is 12.0 Å². The van der Waals surface area contributed by atoms with Crippen molar-refractivity contribution in [1.29, 1.82) is 0 Å². The highest BCUT2D eigenvalue weighted by Crippen LogP contribution is 2.39. The summed E-state index contributed by atoms with van der Waals surface area (Å²) in [5.74, 6) is 0.606. The maximum atomic E-state index is 12.5. The molecule has 1 aromatic rings. The highest BCUT2D eigenvalue weighted by Gasteiger charge is 2.41. The summed E-state index contributed by atoms with van der Waals surface area (Å²) in [4.78, 5) is 18.6. The maximum absolute atomic E-state index is 12.5. The van der Waals surface area contributed by atoms with E-state index in [-0.39, 0.29) is 35.3 Å². The summed E-state index contributed by atoms with van der Waals surface area (Å²) in [7, 11) is 3.63. The summed E-state index contributed by atoms with van der Waals surface area (Å²) < 4.78 is 0. The number of nitrogens with zero attached hydrogens (tertiary/aromatic N) is 2. The van der Waals surface area contributed by atoms with Crippen LogP contribution in [-0.4, -0.2) is 44.0 Å². The zero-order valence-corrected chi connectivity index (χ0v) is 17.0. The number of carbonyl (C=O) groups excluding carboxylic acids is 1. The Morgan fingerprint density at radius 1 is 1.25 bits per heavy atom. The van der Waals surface area contributed by atoms with E-state index in [1.165, 1.54) is 5.56 Å². The minimum Gasteiger partial charge on any atom is -0.370 e. The molecule has 0 saturated heterocycles. The van der Waals surface area contributed by atoms with Crippen molar-refractivity contribution in [2.75, 3.05) is 27.2 Å². The van der Waals surface area contributed by atoms with Crippen LogP contribution in [0.5, 0.6) is 0 Å². The molecule has 1 saturated carbocycles. The van der Waals surface area contributed by atoms with E-state index in [2.05, 4.69) is 22.4 Å². The van der Waals surface area contributed by atoms with E-state index < -0.39 is 0 Å². The number of nitrogens with one attached hydrogen (secondary N) is 1. The predicted octanol–water partition coefficient (Wildman–Crippen LogP) is 2.40. The van der Waals surface area contributed by atoms with Crippen molar-refractivity contribution in [3.63, 3.8) is 0 Å². The molecule has 0 atom stereocenters. The van der Waals surface area contributed by atoms with Gasteiger partial charge in [0, 0.05) is 20.6 Å². The molecule has 24 heavy (non-hydrogen) atoms. The van der Waals surface area contributed by atoms with Crippen molar-refractivity contribution in [1.82, 2.24) is 10.2 Å². The summed E-state index contributed by atoms with van der Waals surface area (Å²) in [6, 6.07) is 10.3. The van der Waals surface area contributed by atoms with Crippen molar-refractivity contribution in [3.05, 3.63) is 35.9 Å². The van der Waals surface area contributed by atoms with E-state index in [1.807, 2.05) is 32.3 Å². The van der Waals surface area contributed by atoms with E-state index in [0.29, 0.717) is 12.5 Å². The van der Waals surface area contributed by atoms with Crippen LogP contribution in [-0.2, 0) is 11.2 Å². The Morgan fingerprint density at radius 2 is 1.88 bits per heavy atom. The minimum atomic E-state index is -0.352. The highest BCUT2D eigenvalue weighted by molar-refractivity contribution is 14.0. The number of halogens is 1. The van der Waals surface area contributed by atoms with Crippen LogP contribution in [0.2, 0.25) is 0 Å². The Kier molecular flexibility index (Phi) is 8.52. The molecule has 0 aliphatic heterocycles. The number of nitrogens with two attached hydrogens (primary N) is 1. The zero-order chi connectivity index (χ0) is 16.7. The maximum Gasteiger partial charge on any atom is 0.230 e. The Balaban J connectivity index is 0.00000288. The predicted molar refractivity (Wildman–Crippen MR) is 110 cm³/mol. The van der Waals surface area contributed by atoms with Gasteiger partial charge in [-0.25, -0.2) is 0 Å². The lowest BCUT2D eigenvalue weighted by Crippen LogP contribution is -2.42. The van der Waals surface area contributed by atoms with Crippen LogP contribution in [0.3, 0.4) is 0 Å². The van der Waals surface area contributed by atoms with E-state index >= 15 is 0 Å². The third kappa shape index (κ3) is 5.65. The second-order valence-electron chi connectivity index (χ2n) is 6.55. The fraction of sp³-hybridized carbons (Fsp3) is 0.556. The van der Waals surface area contributed by atoms with Crippen molar-refractivity contribution in [3.8, 4) is 0 Å². The fourth-order valence-corrected chi connectivity index (χ4v) is 3.24. The van der Waals surface area contributed by atoms with Crippen LogP contribution < -0.4 is 11.1 Å². The van der Waals surface area contributed by atoms with Gasteiger partial charge in [-0.1, -0.05) is 43.2 Å². The van der Waals surface area contributed by atoms with E-state index in [1.54, 1.807) is 4.90 Å². The summed E-state index contributed by atoms with van der Waals surface area (Å²) in [6.45, 7) is 1.22. The van der Waals surface area contributed by atoms with Crippen molar-refractivity contribution in [2.24, 2.45) is 16.1 Å². The monoisotopic (exact) mass is 444 g/mol. The molecule has 2 rings (SSSR count). The zero-order valence-electron chi connectivity index (χ0n) is 14.6. The van der Waals surface area contributed by atoms with Crippen LogP contribution in [0.1, 0.15) is 31.2 Å². The fourth-order valence-electron chi connectivity index (χ4n) is 3.24. The standard InChI is InChI=1S/C18H28N4O.HI/c1-22(2)16(23)18(11-6-7-12-18)14-21-17(19)20-13-10-15-8-4-3-5-9-15;/h3-5,8-9H,6-7,10-14H2,1-2H3,(H3,19,20,21);1H. The molecule has 1 aliphatic carbocycles. The number of amides is 1. The van der Waals surface area contributed by atoms with Gasteiger partial charge in [0.15, 0.2) is 5.96 Å². The highest BCUT2D eigenvalue weighted by atomic mass is 127. The average Bonchev–Trinajstić information content (AvgIpc) is 3.03. The van der Waals surface area contributed by atoms with Gasteiger partial charge in [0.2, 0.25) is 5.91 Å². The number of carbonyl (C=O) groups is 1. The number of hydrogen-bond acceptors (Lipinski definition) is 2. The topological polar surface area (TPSA) is 70.7 Å². The lowest BCUT2D eigenvalue weighted by Gasteiger charge is -2.29. The number of aliphatic imine (C=N–C) groups is 1. The first-order valence-electron chi connectivity index (χ1n) is 8.33. The Hall–Kier alpha value is -1.31. The molecule has 1 aromatic carbocycles. The molecule has 1 amide bonds. The molecule has 3 N–H and O–H groups in total. The Bertz CT molecular complexity index is 539. The van der Waals surface area contributed by atoms with E-state index in [4.69, 9.17) is 5.73 Å². The van der Waals surface area contributed by atoms with Crippen LogP contribution in [0, 0.1) is 5.41 Å². The molecule has 0 spiro atoms. The summed E-state index contributed by atoms with van der Waals surface area (Å²) in [5.41, 5.74) is 6.88. The van der Waals surface area contributed by atoms with E-state index in [9.17, 15) is 4.79 Å².